The molecule has 2 bridgehead atoms. The fraction of sp³-hybridized carbons (Fsp3) is 0.696. The second-order valence-electron chi connectivity index (χ2n) is 8.06. The van der Waals surface area contributed by atoms with Gasteiger partial charge in [0.1, 0.15) is 5.75 Å². The number of hydrogen-bond donors (Lipinski definition) is 1. The van der Waals surface area contributed by atoms with Crippen molar-refractivity contribution in [3.8, 4) is 5.75 Å². The lowest BCUT2D eigenvalue weighted by atomic mass is 9.75. The van der Waals surface area contributed by atoms with Crippen LogP contribution in [-0.2, 0) is 20.7 Å². The molecule has 0 aliphatic carbocycles. The number of benzene rings is 1. The van der Waals surface area contributed by atoms with E-state index in [0.29, 0.717) is 29.8 Å². The van der Waals surface area contributed by atoms with Crippen LogP contribution >= 0.6 is 0 Å². The first-order valence-corrected chi connectivity index (χ1v) is 10.8. The van der Waals surface area contributed by atoms with Crippen LogP contribution in [0, 0.1) is 11.8 Å². The third kappa shape index (κ3) is 5.71. The lowest BCUT2D eigenvalue weighted by molar-refractivity contribution is -0.139. The van der Waals surface area contributed by atoms with E-state index in [-0.39, 0.29) is 6.61 Å². The molecule has 2 aliphatic rings. The van der Waals surface area contributed by atoms with E-state index in [1.165, 1.54) is 25.7 Å². The number of unbranched alkanes of at least 4 members (excludes halogenated alkanes) is 2. The van der Waals surface area contributed by atoms with Gasteiger partial charge in [0.25, 0.3) is 0 Å². The van der Waals surface area contributed by atoms with Gasteiger partial charge in [-0.15, -0.1) is 0 Å². The van der Waals surface area contributed by atoms with Crippen LogP contribution in [0.5, 0.6) is 5.75 Å². The van der Waals surface area contributed by atoms with E-state index in [9.17, 15) is 4.79 Å². The highest BCUT2D eigenvalue weighted by Crippen LogP contribution is 2.47. The van der Waals surface area contributed by atoms with Gasteiger partial charge in [0, 0.05) is 13.2 Å². The van der Waals surface area contributed by atoms with Gasteiger partial charge >= 0.3 is 5.97 Å². The fourth-order valence-corrected chi connectivity index (χ4v) is 4.76. The second kappa shape index (κ2) is 10.8. The van der Waals surface area contributed by atoms with Crippen molar-refractivity contribution in [2.24, 2.45) is 11.8 Å². The van der Waals surface area contributed by atoms with Crippen molar-refractivity contribution in [3.05, 3.63) is 29.8 Å². The van der Waals surface area contributed by atoms with E-state index < -0.39 is 5.97 Å². The molecule has 0 radical (unpaired) electrons. The van der Waals surface area contributed by atoms with E-state index in [1.807, 2.05) is 24.3 Å². The minimum Gasteiger partial charge on any atom is -0.482 e. The van der Waals surface area contributed by atoms with Crippen molar-refractivity contribution in [3.63, 3.8) is 0 Å². The zero-order valence-corrected chi connectivity index (χ0v) is 17.0. The summed E-state index contributed by atoms with van der Waals surface area (Å²) in [6.45, 7) is 3.61. The summed E-state index contributed by atoms with van der Waals surface area (Å²) in [5, 5.41) is 8.87. The van der Waals surface area contributed by atoms with Gasteiger partial charge in [-0.25, -0.2) is 4.79 Å². The van der Waals surface area contributed by atoms with Crippen LogP contribution in [0.3, 0.4) is 0 Å². The Labute approximate surface area is 168 Å². The zero-order valence-electron chi connectivity index (χ0n) is 17.0. The molecule has 1 aromatic carbocycles. The van der Waals surface area contributed by atoms with Gasteiger partial charge in [0.05, 0.1) is 12.2 Å². The molecule has 0 spiro atoms. The van der Waals surface area contributed by atoms with Crippen molar-refractivity contribution in [2.75, 3.05) is 19.8 Å². The van der Waals surface area contributed by atoms with Crippen LogP contribution in [0.15, 0.2) is 24.3 Å². The molecule has 2 saturated heterocycles. The van der Waals surface area contributed by atoms with Gasteiger partial charge in [0.2, 0.25) is 0 Å². The topological polar surface area (TPSA) is 65.0 Å². The molecule has 0 amide bonds. The molecule has 5 heteroatoms. The molecule has 0 saturated carbocycles. The Hall–Kier alpha value is -1.59. The standard InChI is InChI=1S/C23H34O5/c1-2-3-6-14-26-15-13-19-18(21-11-12-22(19)28-21)10-9-17-7-4-5-8-20(17)27-16-23(24)25/h4-5,7-8,18-19,21-22H,2-3,6,9-16H2,1H3,(H,24,25)/t18-,19+,21-,22+/m0/s1. The summed E-state index contributed by atoms with van der Waals surface area (Å²) in [5.41, 5.74) is 1.08. The number of carbonyl (C=O) groups is 1. The predicted octanol–water partition coefficient (Wildman–Crippen LogP) is 4.47. The fourth-order valence-electron chi connectivity index (χ4n) is 4.76. The lowest BCUT2D eigenvalue weighted by Crippen LogP contribution is -2.28. The van der Waals surface area contributed by atoms with Crippen LogP contribution in [0.1, 0.15) is 57.4 Å². The van der Waals surface area contributed by atoms with Gasteiger partial charge in [-0.3, -0.25) is 0 Å². The molecule has 1 N–H and O–H groups in total. The number of hydrogen-bond acceptors (Lipinski definition) is 4. The number of rotatable bonds is 13. The minimum atomic E-state index is -0.949. The van der Waals surface area contributed by atoms with E-state index in [4.69, 9.17) is 19.3 Å². The summed E-state index contributed by atoms with van der Waals surface area (Å²) in [7, 11) is 0. The van der Waals surface area contributed by atoms with Crippen LogP contribution in [0.4, 0.5) is 0 Å². The molecule has 156 valence electrons. The number of aryl methyl sites for hydroxylation is 1. The second-order valence-corrected chi connectivity index (χ2v) is 8.06. The largest absolute Gasteiger partial charge is 0.482 e. The van der Waals surface area contributed by atoms with Crippen molar-refractivity contribution in [1.29, 1.82) is 0 Å². The quantitative estimate of drug-likeness (QED) is 0.503. The van der Waals surface area contributed by atoms with Crippen molar-refractivity contribution >= 4 is 5.97 Å². The molecule has 0 unspecified atom stereocenters. The maximum absolute atomic E-state index is 10.8. The van der Waals surface area contributed by atoms with E-state index in [1.54, 1.807) is 0 Å². The number of carboxylic acids is 1. The molecule has 5 nitrogen and oxygen atoms in total. The van der Waals surface area contributed by atoms with Gasteiger partial charge in [0.15, 0.2) is 6.61 Å². The van der Waals surface area contributed by atoms with Crippen molar-refractivity contribution in [1.82, 2.24) is 0 Å². The molecule has 0 aromatic heterocycles. The van der Waals surface area contributed by atoms with E-state index in [0.717, 1.165) is 44.5 Å². The summed E-state index contributed by atoms with van der Waals surface area (Å²) in [4.78, 5) is 10.8. The van der Waals surface area contributed by atoms with Crippen LogP contribution in [0.25, 0.3) is 0 Å². The molecule has 3 rings (SSSR count). The summed E-state index contributed by atoms with van der Waals surface area (Å²) in [6.07, 6.45) is 9.76. The molecule has 2 aliphatic heterocycles. The van der Waals surface area contributed by atoms with Crippen LogP contribution in [-0.4, -0.2) is 43.1 Å². The van der Waals surface area contributed by atoms with E-state index in [2.05, 4.69) is 6.92 Å². The first kappa shape index (κ1) is 21.1. The molecule has 2 heterocycles. The number of aliphatic carboxylic acids is 1. The van der Waals surface area contributed by atoms with Gasteiger partial charge in [-0.1, -0.05) is 38.0 Å². The molecule has 2 fully saturated rings. The maximum atomic E-state index is 10.8. The average Bonchev–Trinajstić information content (AvgIpc) is 3.30. The SMILES string of the molecule is CCCCCOCC[C@@H]1[C@H](CCc2ccccc2OCC(=O)O)[C@@H]2CC[C@H]1O2. The number of fused-ring (bicyclic) bond motifs is 2. The third-order valence-corrected chi connectivity index (χ3v) is 6.15. The van der Waals surface area contributed by atoms with Gasteiger partial charge in [-0.05, 0) is 62.0 Å². The Morgan fingerprint density at radius 2 is 1.86 bits per heavy atom. The number of carboxylic acid groups (broad SMARTS) is 1. The Bertz CT molecular complexity index is 617. The first-order chi connectivity index (χ1) is 13.7. The smallest absolute Gasteiger partial charge is 0.341 e. The third-order valence-electron chi connectivity index (χ3n) is 6.15. The molecule has 28 heavy (non-hydrogen) atoms. The summed E-state index contributed by atoms with van der Waals surface area (Å²) >= 11 is 0. The summed E-state index contributed by atoms with van der Waals surface area (Å²) in [6, 6.07) is 7.77. The van der Waals surface area contributed by atoms with Crippen LogP contribution < -0.4 is 4.74 Å². The molecule has 4 atom stereocenters. The Morgan fingerprint density at radius 3 is 2.61 bits per heavy atom. The Morgan fingerprint density at radius 1 is 1.11 bits per heavy atom. The summed E-state index contributed by atoms with van der Waals surface area (Å²) in [5.74, 6) is 0.877. The van der Waals surface area contributed by atoms with Crippen molar-refractivity contribution < 1.29 is 24.1 Å². The lowest BCUT2D eigenvalue weighted by Gasteiger charge is -2.28. The highest BCUT2D eigenvalue weighted by Gasteiger charge is 2.47. The van der Waals surface area contributed by atoms with Crippen molar-refractivity contribution in [2.45, 2.75) is 70.5 Å². The van der Waals surface area contributed by atoms with Crippen LogP contribution in [0.2, 0.25) is 0 Å². The highest BCUT2D eigenvalue weighted by molar-refractivity contribution is 5.68. The van der Waals surface area contributed by atoms with Gasteiger partial charge in [-0.2, -0.15) is 0 Å². The minimum absolute atomic E-state index is 0.299. The summed E-state index contributed by atoms with van der Waals surface area (Å²) < 4.78 is 17.5. The predicted molar refractivity (Wildman–Crippen MR) is 108 cm³/mol. The normalized spacial score (nSPS) is 25.9. The zero-order chi connectivity index (χ0) is 19.8. The monoisotopic (exact) mass is 390 g/mol. The number of para-hydroxylation sites is 1. The molecular formula is C23H34O5. The Balaban J connectivity index is 1.50. The van der Waals surface area contributed by atoms with Gasteiger partial charge < -0.3 is 19.3 Å². The Kier molecular flexibility index (Phi) is 8.16. The maximum Gasteiger partial charge on any atom is 0.341 e. The average molecular weight is 391 g/mol. The molecule has 1 aromatic rings. The number of ether oxygens (including phenoxy) is 3. The van der Waals surface area contributed by atoms with E-state index >= 15 is 0 Å². The highest BCUT2D eigenvalue weighted by atomic mass is 16.5. The first-order valence-electron chi connectivity index (χ1n) is 10.8. The molecular weight excluding hydrogens is 356 g/mol.